The molecule has 1 aromatic carbocycles. The average Bonchev–Trinajstić information content (AvgIpc) is 2.44. The molecule has 1 unspecified atom stereocenters. The monoisotopic (exact) mass is 324 g/mol. The Kier molecular flexibility index (Phi) is 6.52. The number of ether oxygens (including phenoxy) is 2. The second-order valence-corrected chi connectivity index (χ2v) is 5.30. The van der Waals surface area contributed by atoms with Crippen molar-refractivity contribution < 1.29 is 29.0 Å². The highest BCUT2D eigenvalue weighted by molar-refractivity contribution is 5.95. The lowest BCUT2D eigenvalue weighted by molar-refractivity contribution is -0.139. The number of rotatable bonds is 9. The first-order chi connectivity index (χ1) is 10.8. The highest BCUT2D eigenvalue weighted by Gasteiger charge is 2.29. The molecule has 0 fully saturated rings. The van der Waals surface area contributed by atoms with E-state index >= 15 is 0 Å². The molecule has 1 rings (SSSR count). The van der Waals surface area contributed by atoms with Gasteiger partial charge in [-0.2, -0.15) is 0 Å². The lowest BCUT2D eigenvalue weighted by atomic mass is 9.98. The molecule has 0 aromatic heterocycles. The van der Waals surface area contributed by atoms with E-state index in [9.17, 15) is 14.4 Å². The number of carboxylic acids is 1. The molecule has 0 spiro atoms. The second kappa shape index (κ2) is 8.14. The molecule has 8 heteroatoms. The van der Waals surface area contributed by atoms with Gasteiger partial charge >= 0.3 is 5.97 Å². The number of carbonyl (C=O) groups is 3. The minimum absolute atomic E-state index is 0.0604. The van der Waals surface area contributed by atoms with Gasteiger partial charge in [-0.05, 0) is 31.2 Å². The van der Waals surface area contributed by atoms with Crippen LogP contribution in [-0.4, -0.2) is 48.8 Å². The maximum atomic E-state index is 12.2. The molecule has 4 N–H and O–H groups in total. The Morgan fingerprint density at radius 2 is 1.87 bits per heavy atom. The molecule has 0 bridgehead atoms. The van der Waals surface area contributed by atoms with Crippen LogP contribution in [0.1, 0.15) is 23.7 Å². The largest absolute Gasteiger partial charge is 0.484 e. The molecule has 0 saturated heterocycles. The van der Waals surface area contributed by atoms with Crippen molar-refractivity contribution in [3.8, 4) is 5.75 Å². The summed E-state index contributed by atoms with van der Waals surface area (Å²) in [6.07, 6.45) is -0.271. The number of carbonyl (C=O) groups excluding carboxylic acids is 2. The van der Waals surface area contributed by atoms with Gasteiger partial charge < -0.3 is 25.6 Å². The normalized spacial score (nSPS) is 13.0. The predicted molar refractivity (Wildman–Crippen MR) is 81.1 cm³/mol. The molecule has 0 saturated carbocycles. The van der Waals surface area contributed by atoms with E-state index in [0.29, 0.717) is 11.3 Å². The fraction of sp³-hybridized carbons (Fsp3) is 0.400. The maximum Gasteiger partial charge on any atom is 0.305 e. The Labute approximate surface area is 133 Å². The van der Waals surface area contributed by atoms with Crippen LogP contribution in [0.5, 0.6) is 5.75 Å². The van der Waals surface area contributed by atoms with Crippen LogP contribution in [0.25, 0.3) is 0 Å². The van der Waals surface area contributed by atoms with Crippen molar-refractivity contribution in [1.82, 2.24) is 5.32 Å². The molecular formula is C15H20N2O6. The number of carboxylic acid groups (broad SMARTS) is 1. The minimum atomic E-state index is -1.04. The van der Waals surface area contributed by atoms with E-state index < -0.39 is 23.3 Å². The van der Waals surface area contributed by atoms with E-state index in [0.717, 1.165) is 0 Å². The number of primary amides is 1. The fourth-order valence-corrected chi connectivity index (χ4v) is 1.99. The number of nitrogens with two attached hydrogens (primary N) is 1. The zero-order valence-electron chi connectivity index (χ0n) is 13.0. The summed E-state index contributed by atoms with van der Waals surface area (Å²) in [5.74, 6) is -1.69. The summed E-state index contributed by atoms with van der Waals surface area (Å²) < 4.78 is 10.1. The molecular weight excluding hydrogens is 304 g/mol. The van der Waals surface area contributed by atoms with Gasteiger partial charge in [-0.3, -0.25) is 14.4 Å². The molecule has 2 amide bonds. The van der Waals surface area contributed by atoms with Crippen molar-refractivity contribution in [1.29, 1.82) is 0 Å². The molecule has 0 heterocycles. The van der Waals surface area contributed by atoms with Crippen LogP contribution in [0.2, 0.25) is 0 Å². The van der Waals surface area contributed by atoms with E-state index in [1.807, 2.05) is 0 Å². The van der Waals surface area contributed by atoms with Crippen molar-refractivity contribution in [3.63, 3.8) is 0 Å². The Morgan fingerprint density at radius 3 is 2.35 bits per heavy atom. The van der Waals surface area contributed by atoms with E-state index in [4.69, 9.17) is 20.3 Å². The quantitative estimate of drug-likeness (QED) is 0.593. The number of benzene rings is 1. The van der Waals surface area contributed by atoms with Gasteiger partial charge in [0.25, 0.3) is 11.8 Å². The summed E-state index contributed by atoms with van der Waals surface area (Å²) in [7, 11) is 1.43. The molecule has 1 aromatic rings. The van der Waals surface area contributed by atoms with Crippen LogP contribution in [0.15, 0.2) is 24.3 Å². The van der Waals surface area contributed by atoms with E-state index in [1.54, 1.807) is 6.92 Å². The van der Waals surface area contributed by atoms with Crippen LogP contribution in [0.4, 0.5) is 0 Å². The zero-order chi connectivity index (χ0) is 17.5. The SMILES string of the molecule is COCC(C)(CC(=O)O)NC(=O)c1ccc(OCC(N)=O)cc1. The molecule has 0 aliphatic rings. The molecule has 0 radical (unpaired) electrons. The van der Waals surface area contributed by atoms with E-state index in [-0.39, 0.29) is 19.6 Å². The van der Waals surface area contributed by atoms with E-state index in [1.165, 1.54) is 31.4 Å². The minimum Gasteiger partial charge on any atom is -0.484 e. The summed E-state index contributed by atoms with van der Waals surface area (Å²) in [4.78, 5) is 33.8. The van der Waals surface area contributed by atoms with Crippen molar-refractivity contribution in [3.05, 3.63) is 29.8 Å². The number of methoxy groups -OCH3 is 1. The number of aliphatic carboxylic acids is 1. The van der Waals surface area contributed by atoms with Crippen LogP contribution in [0.3, 0.4) is 0 Å². The third-order valence-electron chi connectivity index (χ3n) is 2.92. The molecule has 23 heavy (non-hydrogen) atoms. The number of hydrogen-bond acceptors (Lipinski definition) is 5. The summed E-state index contributed by atoms with van der Waals surface area (Å²) in [6.45, 7) is 1.40. The van der Waals surface area contributed by atoms with Gasteiger partial charge in [0.15, 0.2) is 6.61 Å². The highest BCUT2D eigenvalue weighted by Crippen LogP contribution is 2.15. The standard InChI is InChI=1S/C15H20N2O6/c1-15(9-22-2,7-13(19)20)17-14(21)10-3-5-11(6-4-10)23-8-12(16)18/h3-6H,7-9H2,1-2H3,(H2,16,18)(H,17,21)(H,19,20). The van der Waals surface area contributed by atoms with Crippen molar-refractivity contribution in [2.45, 2.75) is 18.9 Å². The van der Waals surface area contributed by atoms with Crippen molar-refractivity contribution in [2.24, 2.45) is 5.73 Å². The first-order valence-corrected chi connectivity index (χ1v) is 6.80. The van der Waals surface area contributed by atoms with Gasteiger partial charge in [0.05, 0.1) is 18.6 Å². The summed E-state index contributed by atoms with van der Waals surface area (Å²) >= 11 is 0. The van der Waals surface area contributed by atoms with Crippen LogP contribution < -0.4 is 15.8 Å². The third-order valence-corrected chi connectivity index (χ3v) is 2.92. The van der Waals surface area contributed by atoms with E-state index in [2.05, 4.69) is 5.32 Å². The average molecular weight is 324 g/mol. The van der Waals surface area contributed by atoms with Gasteiger partial charge in [0, 0.05) is 12.7 Å². The van der Waals surface area contributed by atoms with Crippen LogP contribution in [0, 0.1) is 0 Å². The van der Waals surface area contributed by atoms with Crippen molar-refractivity contribution in [2.75, 3.05) is 20.3 Å². The maximum absolute atomic E-state index is 12.2. The number of hydrogen-bond donors (Lipinski definition) is 3. The van der Waals surface area contributed by atoms with Gasteiger partial charge in [-0.25, -0.2) is 0 Å². The highest BCUT2D eigenvalue weighted by atomic mass is 16.5. The van der Waals surface area contributed by atoms with Gasteiger partial charge in [0.2, 0.25) is 0 Å². The second-order valence-electron chi connectivity index (χ2n) is 5.30. The zero-order valence-corrected chi connectivity index (χ0v) is 13.0. The first kappa shape index (κ1) is 18.4. The summed E-state index contributed by atoms with van der Waals surface area (Å²) in [5.41, 5.74) is 4.26. The van der Waals surface area contributed by atoms with Gasteiger partial charge in [-0.15, -0.1) is 0 Å². The smallest absolute Gasteiger partial charge is 0.305 e. The van der Waals surface area contributed by atoms with Gasteiger partial charge in [-0.1, -0.05) is 0 Å². The molecule has 1 atom stereocenters. The Balaban J connectivity index is 2.75. The lowest BCUT2D eigenvalue weighted by Crippen LogP contribution is -2.50. The third kappa shape index (κ3) is 6.35. The predicted octanol–water partition coefficient (Wildman–Crippen LogP) is 0.160. The molecule has 0 aliphatic heterocycles. The first-order valence-electron chi connectivity index (χ1n) is 6.80. The fourth-order valence-electron chi connectivity index (χ4n) is 1.99. The number of nitrogens with one attached hydrogen (secondary N) is 1. The Hall–Kier alpha value is -2.61. The Bertz CT molecular complexity index is 572. The van der Waals surface area contributed by atoms with Crippen LogP contribution >= 0.6 is 0 Å². The summed E-state index contributed by atoms with van der Waals surface area (Å²) in [5, 5.41) is 11.6. The summed E-state index contributed by atoms with van der Waals surface area (Å²) in [6, 6.07) is 6.03. The molecule has 126 valence electrons. The lowest BCUT2D eigenvalue weighted by Gasteiger charge is -2.28. The van der Waals surface area contributed by atoms with Crippen LogP contribution in [-0.2, 0) is 14.3 Å². The molecule has 8 nitrogen and oxygen atoms in total. The van der Waals surface area contributed by atoms with Gasteiger partial charge in [0.1, 0.15) is 5.75 Å². The topological polar surface area (TPSA) is 128 Å². The Morgan fingerprint density at radius 1 is 1.26 bits per heavy atom. The number of amides is 2. The van der Waals surface area contributed by atoms with Crippen molar-refractivity contribution >= 4 is 17.8 Å². The molecule has 0 aliphatic carbocycles.